The lowest BCUT2D eigenvalue weighted by Crippen LogP contribution is -2.31. The average molecular weight is 408 g/mol. The van der Waals surface area contributed by atoms with Crippen LogP contribution < -0.4 is 5.32 Å². The van der Waals surface area contributed by atoms with Crippen molar-refractivity contribution in [2.75, 3.05) is 26.7 Å². The number of ether oxygens (including phenoxy) is 1. The van der Waals surface area contributed by atoms with Gasteiger partial charge in [-0.05, 0) is 42.0 Å². The van der Waals surface area contributed by atoms with Crippen molar-refractivity contribution >= 4 is 15.9 Å². The first kappa shape index (κ1) is 22.0. The maximum Gasteiger partial charge on any atom is 0.251 e. The molecule has 1 N–H and O–H groups in total. The van der Waals surface area contributed by atoms with E-state index in [9.17, 15) is 17.6 Å². The van der Waals surface area contributed by atoms with Crippen molar-refractivity contribution < 1.29 is 22.3 Å². The summed E-state index contributed by atoms with van der Waals surface area (Å²) >= 11 is 0. The highest BCUT2D eigenvalue weighted by atomic mass is 32.2. The minimum Gasteiger partial charge on any atom is -0.375 e. The van der Waals surface area contributed by atoms with Crippen LogP contribution in [-0.2, 0) is 14.8 Å². The van der Waals surface area contributed by atoms with E-state index < -0.39 is 16.1 Å². The van der Waals surface area contributed by atoms with E-state index >= 15 is 0 Å². The molecule has 0 saturated carbocycles. The molecule has 2 rings (SSSR count). The fraction of sp³-hybridized carbons (Fsp3) is 0.350. The van der Waals surface area contributed by atoms with Gasteiger partial charge in [0.15, 0.2) is 0 Å². The van der Waals surface area contributed by atoms with Crippen molar-refractivity contribution in [3.05, 3.63) is 65.5 Å². The number of rotatable bonds is 9. The van der Waals surface area contributed by atoms with Crippen molar-refractivity contribution in [1.82, 2.24) is 9.62 Å². The van der Waals surface area contributed by atoms with Crippen LogP contribution in [0.3, 0.4) is 0 Å². The van der Waals surface area contributed by atoms with E-state index in [1.807, 2.05) is 0 Å². The van der Waals surface area contributed by atoms with Gasteiger partial charge in [-0.3, -0.25) is 4.79 Å². The summed E-state index contributed by atoms with van der Waals surface area (Å²) < 4.78 is 45.0. The van der Waals surface area contributed by atoms with Crippen LogP contribution in [0.1, 0.15) is 35.9 Å². The second kappa shape index (κ2) is 9.77. The minimum absolute atomic E-state index is 0.141. The maximum atomic E-state index is 13.4. The van der Waals surface area contributed by atoms with Gasteiger partial charge in [0.1, 0.15) is 5.82 Å². The lowest BCUT2D eigenvalue weighted by molar-refractivity contribution is 0.0827. The molecule has 6 nitrogen and oxygen atoms in total. The van der Waals surface area contributed by atoms with Gasteiger partial charge >= 0.3 is 0 Å². The zero-order valence-electron chi connectivity index (χ0n) is 16.2. The Morgan fingerprint density at radius 3 is 2.32 bits per heavy atom. The molecule has 0 aliphatic rings. The quantitative estimate of drug-likeness (QED) is 0.692. The second-order valence-electron chi connectivity index (χ2n) is 6.10. The highest BCUT2D eigenvalue weighted by Crippen LogP contribution is 2.18. The SMILES string of the molecule is CCN(CC)S(=O)(=O)c1ccc(C(=O)NCC(OC)c2cccc(F)c2)cc1. The Kier molecular flexibility index (Phi) is 7.68. The molecule has 0 spiro atoms. The monoisotopic (exact) mass is 408 g/mol. The predicted molar refractivity (Wildman–Crippen MR) is 105 cm³/mol. The van der Waals surface area contributed by atoms with E-state index in [0.717, 1.165) is 0 Å². The minimum atomic E-state index is -3.57. The third-order valence-corrected chi connectivity index (χ3v) is 6.48. The maximum absolute atomic E-state index is 13.4. The molecule has 0 aliphatic carbocycles. The van der Waals surface area contributed by atoms with Crippen LogP contribution in [0.4, 0.5) is 4.39 Å². The highest BCUT2D eigenvalue weighted by molar-refractivity contribution is 7.89. The molecule has 1 amide bonds. The van der Waals surface area contributed by atoms with Crippen LogP contribution in [0, 0.1) is 5.82 Å². The van der Waals surface area contributed by atoms with E-state index in [-0.39, 0.29) is 23.2 Å². The lowest BCUT2D eigenvalue weighted by atomic mass is 10.1. The molecule has 152 valence electrons. The van der Waals surface area contributed by atoms with Gasteiger partial charge in [0.05, 0.1) is 11.0 Å². The van der Waals surface area contributed by atoms with E-state index in [0.29, 0.717) is 24.2 Å². The predicted octanol–water partition coefficient (Wildman–Crippen LogP) is 2.97. The molecule has 1 atom stereocenters. The van der Waals surface area contributed by atoms with Gasteiger partial charge in [0.25, 0.3) is 5.91 Å². The molecule has 2 aromatic carbocycles. The molecule has 0 bridgehead atoms. The van der Waals surface area contributed by atoms with Gasteiger partial charge in [0, 0.05) is 32.3 Å². The van der Waals surface area contributed by atoms with Crippen molar-refractivity contribution in [2.24, 2.45) is 0 Å². The Bertz CT molecular complexity index is 897. The number of sulfonamides is 1. The summed E-state index contributed by atoms with van der Waals surface area (Å²) in [5.74, 6) is -0.749. The van der Waals surface area contributed by atoms with E-state index in [1.54, 1.807) is 26.0 Å². The van der Waals surface area contributed by atoms with E-state index in [4.69, 9.17) is 4.74 Å². The van der Waals surface area contributed by atoms with Gasteiger partial charge in [-0.25, -0.2) is 12.8 Å². The largest absolute Gasteiger partial charge is 0.375 e. The van der Waals surface area contributed by atoms with Gasteiger partial charge in [-0.1, -0.05) is 26.0 Å². The molecule has 0 saturated heterocycles. The number of nitrogens with one attached hydrogen (secondary N) is 1. The van der Waals surface area contributed by atoms with Crippen LogP contribution in [0.5, 0.6) is 0 Å². The number of amides is 1. The van der Waals surface area contributed by atoms with Crippen molar-refractivity contribution in [1.29, 1.82) is 0 Å². The number of carbonyl (C=O) groups excluding carboxylic acids is 1. The fourth-order valence-corrected chi connectivity index (χ4v) is 4.28. The van der Waals surface area contributed by atoms with Crippen LogP contribution in [0.2, 0.25) is 0 Å². The Balaban J connectivity index is 2.07. The first-order chi connectivity index (χ1) is 13.3. The van der Waals surface area contributed by atoms with Crippen LogP contribution in [0.15, 0.2) is 53.4 Å². The number of halogens is 1. The number of hydrogen-bond donors (Lipinski definition) is 1. The van der Waals surface area contributed by atoms with Crippen LogP contribution in [0.25, 0.3) is 0 Å². The van der Waals surface area contributed by atoms with Crippen molar-refractivity contribution in [2.45, 2.75) is 24.8 Å². The summed E-state index contributed by atoms with van der Waals surface area (Å²) in [5, 5.41) is 2.72. The molecule has 0 fully saturated rings. The number of methoxy groups -OCH3 is 1. The van der Waals surface area contributed by atoms with Crippen LogP contribution in [-0.4, -0.2) is 45.4 Å². The number of hydrogen-bond acceptors (Lipinski definition) is 4. The standard InChI is InChI=1S/C20H25FN2O4S/c1-4-23(5-2)28(25,26)18-11-9-15(10-12-18)20(24)22-14-19(27-3)16-7-6-8-17(21)13-16/h6-13,19H,4-5,14H2,1-3H3,(H,22,24). The molecule has 0 aliphatic heterocycles. The molecule has 0 heterocycles. The average Bonchev–Trinajstić information content (AvgIpc) is 2.69. The zero-order valence-corrected chi connectivity index (χ0v) is 17.0. The van der Waals surface area contributed by atoms with Gasteiger partial charge in [0.2, 0.25) is 10.0 Å². The molecule has 0 aromatic heterocycles. The number of carbonyl (C=O) groups is 1. The molecule has 1 unspecified atom stereocenters. The van der Waals surface area contributed by atoms with E-state index in [1.165, 1.54) is 47.8 Å². The fourth-order valence-electron chi connectivity index (χ4n) is 2.82. The van der Waals surface area contributed by atoms with E-state index in [2.05, 4.69) is 5.32 Å². The van der Waals surface area contributed by atoms with Gasteiger partial charge in [-0.2, -0.15) is 4.31 Å². The summed E-state index contributed by atoms with van der Waals surface area (Å²) in [7, 11) is -2.09. The molecule has 28 heavy (non-hydrogen) atoms. The molecule has 0 radical (unpaired) electrons. The Morgan fingerprint density at radius 2 is 1.79 bits per heavy atom. The summed E-state index contributed by atoms with van der Waals surface area (Å²) in [5.41, 5.74) is 0.941. The summed E-state index contributed by atoms with van der Waals surface area (Å²) in [6.07, 6.45) is -0.498. The second-order valence-corrected chi connectivity index (χ2v) is 8.04. The van der Waals surface area contributed by atoms with Gasteiger partial charge in [-0.15, -0.1) is 0 Å². The normalized spacial score (nSPS) is 12.8. The molecule has 2 aromatic rings. The molecule has 8 heteroatoms. The van der Waals surface area contributed by atoms with Gasteiger partial charge < -0.3 is 10.1 Å². The molecular weight excluding hydrogens is 383 g/mol. The topological polar surface area (TPSA) is 75.7 Å². The zero-order chi connectivity index (χ0) is 20.7. The third-order valence-electron chi connectivity index (χ3n) is 4.41. The first-order valence-electron chi connectivity index (χ1n) is 9.00. The summed E-state index contributed by atoms with van der Waals surface area (Å²) in [6, 6.07) is 11.8. The third kappa shape index (κ3) is 5.15. The highest BCUT2D eigenvalue weighted by Gasteiger charge is 2.22. The Labute approximate surface area is 165 Å². The summed E-state index contributed by atoms with van der Waals surface area (Å²) in [4.78, 5) is 12.5. The Hall–Kier alpha value is -2.29. The Morgan fingerprint density at radius 1 is 1.14 bits per heavy atom. The summed E-state index contributed by atoms with van der Waals surface area (Å²) in [6.45, 7) is 4.44. The van der Waals surface area contributed by atoms with Crippen molar-refractivity contribution in [3.8, 4) is 0 Å². The molecular formula is C20H25FN2O4S. The lowest BCUT2D eigenvalue weighted by Gasteiger charge is -2.19. The number of nitrogens with zero attached hydrogens (tertiary/aromatic N) is 1. The smallest absolute Gasteiger partial charge is 0.251 e. The number of benzene rings is 2. The first-order valence-corrected chi connectivity index (χ1v) is 10.4. The van der Waals surface area contributed by atoms with Crippen LogP contribution >= 0.6 is 0 Å². The van der Waals surface area contributed by atoms with Crippen molar-refractivity contribution in [3.63, 3.8) is 0 Å².